The number of carbonyl (C=O) groups excluding carboxylic acids is 3. The van der Waals surface area contributed by atoms with Crippen molar-refractivity contribution in [3.63, 3.8) is 0 Å². The summed E-state index contributed by atoms with van der Waals surface area (Å²) < 4.78 is 10.1. The van der Waals surface area contributed by atoms with Crippen LogP contribution >= 0.6 is 11.6 Å². The Morgan fingerprint density at radius 1 is 1.19 bits per heavy atom. The van der Waals surface area contributed by atoms with E-state index in [1.807, 2.05) is 0 Å². The number of amides is 2. The van der Waals surface area contributed by atoms with Crippen LogP contribution < -0.4 is 15.4 Å². The highest BCUT2D eigenvalue weighted by Gasteiger charge is 2.20. The van der Waals surface area contributed by atoms with Crippen LogP contribution in [0.25, 0.3) is 0 Å². The molecular formula is C18H18ClN3O5. The lowest BCUT2D eigenvalue weighted by Gasteiger charge is -2.14. The first kappa shape index (κ1) is 20.2. The molecule has 0 bridgehead atoms. The maximum Gasteiger partial charge on any atom is 0.326 e. The standard InChI is InChI=1S/C18H18ClN3O5/c1-11(17(24)22-13-7-5-9-20-16(13)19)27-15(23)10-21-18(25)12-6-3-4-8-14(12)26-2/h3-9,11H,10H2,1-2H3,(H,21,25)(H,22,24). The summed E-state index contributed by atoms with van der Waals surface area (Å²) in [5.41, 5.74) is 0.585. The molecule has 0 aliphatic heterocycles. The topological polar surface area (TPSA) is 107 Å². The number of methoxy groups -OCH3 is 1. The van der Waals surface area contributed by atoms with Crippen LogP contribution in [0, 0.1) is 0 Å². The van der Waals surface area contributed by atoms with Crippen molar-refractivity contribution in [2.75, 3.05) is 19.0 Å². The highest BCUT2D eigenvalue weighted by molar-refractivity contribution is 6.32. The Hall–Kier alpha value is -3.13. The summed E-state index contributed by atoms with van der Waals surface area (Å²) in [6, 6.07) is 9.75. The molecule has 0 fully saturated rings. The van der Waals surface area contributed by atoms with Crippen LogP contribution in [0.15, 0.2) is 42.6 Å². The molecule has 0 radical (unpaired) electrons. The Bertz CT molecular complexity index is 843. The van der Waals surface area contributed by atoms with Crippen molar-refractivity contribution in [3.8, 4) is 5.75 Å². The highest BCUT2D eigenvalue weighted by atomic mass is 35.5. The Kier molecular flexibility index (Phi) is 7.13. The van der Waals surface area contributed by atoms with Crippen LogP contribution in [0.1, 0.15) is 17.3 Å². The molecule has 8 nitrogen and oxygen atoms in total. The van der Waals surface area contributed by atoms with Crippen molar-refractivity contribution < 1.29 is 23.9 Å². The van der Waals surface area contributed by atoms with E-state index in [0.717, 1.165) is 0 Å². The van der Waals surface area contributed by atoms with Gasteiger partial charge >= 0.3 is 5.97 Å². The van der Waals surface area contributed by atoms with Crippen molar-refractivity contribution in [2.45, 2.75) is 13.0 Å². The van der Waals surface area contributed by atoms with Crippen molar-refractivity contribution in [2.24, 2.45) is 0 Å². The van der Waals surface area contributed by atoms with E-state index in [0.29, 0.717) is 11.4 Å². The lowest BCUT2D eigenvalue weighted by atomic mass is 10.2. The summed E-state index contributed by atoms with van der Waals surface area (Å²) in [5, 5.41) is 5.05. The molecule has 0 aliphatic carbocycles. The molecule has 2 N–H and O–H groups in total. The molecule has 0 aliphatic rings. The molecule has 1 atom stereocenters. The van der Waals surface area contributed by atoms with Crippen molar-refractivity contribution >= 4 is 35.1 Å². The van der Waals surface area contributed by atoms with Gasteiger partial charge in [0.1, 0.15) is 12.3 Å². The van der Waals surface area contributed by atoms with Gasteiger partial charge in [-0.25, -0.2) is 4.98 Å². The molecule has 1 unspecified atom stereocenters. The van der Waals surface area contributed by atoms with Crippen LogP contribution in [0.2, 0.25) is 5.15 Å². The number of nitrogens with zero attached hydrogens (tertiary/aromatic N) is 1. The number of para-hydroxylation sites is 1. The molecule has 9 heteroatoms. The van der Waals surface area contributed by atoms with Crippen molar-refractivity contribution in [1.29, 1.82) is 0 Å². The first-order valence-electron chi connectivity index (χ1n) is 7.94. The minimum atomic E-state index is -1.09. The van der Waals surface area contributed by atoms with Crippen LogP contribution in [-0.2, 0) is 14.3 Å². The molecule has 2 aromatic rings. The monoisotopic (exact) mass is 391 g/mol. The third kappa shape index (κ3) is 5.68. The van der Waals surface area contributed by atoms with Gasteiger partial charge in [0.05, 0.1) is 18.4 Å². The predicted octanol–water partition coefficient (Wildman–Crippen LogP) is 2.04. The second-order valence-electron chi connectivity index (χ2n) is 5.35. The summed E-state index contributed by atoms with van der Waals surface area (Å²) >= 11 is 5.85. The number of anilines is 1. The number of hydrogen-bond acceptors (Lipinski definition) is 6. The van der Waals surface area contributed by atoms with Crippen molar-refractivity contribution in [1.82, 2.24) is 10.3 Å². The van der Waals surface area contributed by atoms with Gasteiger partial charge in [0, 0.05) is 6.20 Å². The number of halogens is 1. The lowest BCUT2D eigenvalue weighted by molar-refractivity contribution is -0.152. The molecule has 2 rings (SSSR count). The third-order valence-corrected chi connectivity index (χ3v) is 3.74. The minimum absolute atomic E-state index is 0.119. The average molecular weight is 392 g/mol. The number of hydrogen-bond donors (Lipinski definition) is 2. The number of aromatic nitrogens is 1. The number of esters is 1. The van der Waals surface area contributed by atoms with E-state index in [-0.39, 0.29) is 10.7 Å². The van der Waals surface area contributed by atoms with Crippen molar-refractivity contribution in [3.05, 3.63) is 53.3 Å². The molecule has 142 valence electrons. The molecule has 1 aromatic heterocycles. The van der Waals surface area contributed by atoms with Gasteiger partial charge in [-0.05, 0) is 31.2 Å². The molecule has 0 spiro atoms. The van der Waals surface area contributed by atoms with Gasteiger partial charge in [0.2, 0.25) is 0 Å². The quantitative estimate of drug-likeness (QED) is 0.552. The number of benzene rings is 1. The summed E-state index contributed by atoms with van der Waals surface area (Å²) in [4.78, 5) is 39.9. The molecule has 1 heterocycles. The molecule has 27 heavy (non-hydrogen) atoms. The minimum Gasteiger partial charge on any atom is -0.496 e. The van der Waals surface area contributed by atoms with Gasteiger partial charge in [0.15, 0.2) is 11.3 Å². The third-order valence-electron chi connectivity index (χ3n) is 3.44. The number of carbonyl (C=O) groups is 3. The van der Waals surface area contributed by atoms with E-state index in [4.69, 9.17) is 21.1 Å². The summed E-state index contributed by atoms with van der Waals surface area (Å²) in [6.07, 6.45) is 0.392. The van der Waals surface area contributed by atoms with E-state index >= 15 is 0 Å². The predicted molar refractivity (Wildman–Crippen MR) is 98.8 cm³/mol. The normalized spacial score (nSPS) is 11.2. The lowest BCUT2D eigenvalue weighted by Crippen LogP contribution is -2.36. The fourth-order valence-corrected chi connectivity index (χ4v) is 2.25. The molecule has 2 amide bonds. The van der Waals surface area contributed by atoms with Crippen LogP contribution in [0.5, 0.6) is 5.75 Å². The zero-order valence-corrected chi connectivity index (χ0v) is 15.4. The second kappa shape index (κ2) is 9.54. The zero-order valence-electron chi connectivity index (χ0n) is 14.7. The maximum absolute atomic E-state index is 12.1. The number of ether oxygens (including phenoxy) is 2. The van der Waals surface area contributed by atoms with E-state index in [1.54, 1.807) is 36.4 Å². The summed E-state index contributed by atoms with van der Waals surface area (Å²) in [7, 11) is 1.44. The van der Waals surface area contributed by atoms with Crippen LogP contribution in [-0.4, -0.2) is 42.5 Å². The SMILES string of the molecule is COc1ccccc1C(=O)NCC(=O)OC(C)C(=O)Nc1cccnc1Cl. The van der Waals surface area contributed by atoms with Gasteiger partial charge in [-0.1, -0.05) is 23.7 Å². The van der Waals surface area contributed by atoms with E-state index in [1.165, 1.54) is 20.2 Å². The number of rotatable bonds is 7. The average Bonchev–Trinajstić information content (AvgIpc) is 2.67. The van der Waals surface area contributed by atoms with Gasteiger partial charge in [-0.3, -0.25) is 14.4 Å². The second-order valence-corrected chi connectivity index (χ2v) is 5.70. The van der Waals surface area contributed by atoms with Gasteiger partial charge in [-0.15, -0.1) is 0 Å². The summed E-state index contributed by atoms with van der Waals surface area (Å²) in [6.45, 7) is 1.00. The van der Waals surface area contributed by atoms with E-state index in [2.05, 4.69) is 15.6 Å². The van der Waals surface area contributed by atoms with Crippen LogP contribution in [0.4, 0.5) is 5.69 Å². The van der Waals surface area contributed by atoms with Gasteiger partial charge < -0.3 is 20.1 Å². The fourth-order valence-electron chi connectivity index (χ4n) is 2.09. The van der Waals surface area contributed by atoms with Gasteiger partial charge in [0.25, 0.3) is 11.8 Å². The smallest absolute Gasteiger partial charge is 0.326 e. The molecule has 0 saturated carbocycles. The Labute approximate surface area is 160 Å². The summed E-state index contributed by atoms with van der Waals surface area (Å²) in [5.74, 6) is -1.46. The zero-order chi connectivity index (χ0) is 19.8. The van der Waals surface area contributed by atoms with E-state index in [9.17, 15) is 14.4 Å². The number of nitrogens with one attached hydrogen (secondary N) is 2. The van der Waals surface area contributed by atoms with E-state index < -0.39 is 30.4 Å². The maximum atomic E-state index is 12.1. The molecule has 1 aromatic carbocycles. The fraction of sp³-hybridized carbons (Fsp3) is 0.222. The Morgan fingerprint density at radius 3 is 2.63 bits per heavy atom. The molecule has 0 saturated heterocycles. The van der Waals surface area contributed by atoms with Crippen LogP contribution in [0.3, 0.4) is 0 Å². The Balaban J connectivity index is 1.85. The first-order chi connectivity index (χ1) is 12.9. The van der Waals surface area contributed by atoms with Gasteiger partial charge in [-0.2, -0.15) is 0 Å². The first-order valence-corrected chi connectivity index (χ1v) is 8.32. The number of pyridine rings is 1. The Morgan fingerprint density at radius 2 is 1.93 bits per heavy atom. The largest absolute Gasteiger partial charge is 0.496 e. The highest BCUT2D eigenvalue weighted by Crippen LogP contribution is 2.18. The molecular weight excluding hydrogens is 374 g/mol.